The number of hydrogen-bond acceptors (Lipinski definition) is 5. The second kappa shape index (κ2) is 5.25. The van der Waals surface area contributed by atoms with E-state index in [0.29, 0.717) is 17.1 Å². The van der Waals surface area contributed by atoms with E-state index in [9.17, 15) is 0 Å². The van der Waals surface area contributed by atoms with Crippen LogP contribution >= 0.6 is 23.1 Å². The van der Waals surface area contributed by atoms with Gasteiger partial charge < -0.3 is 10.6 Å². The molecule has 0 aliphatic rings. The van der Waals surface area contributed by atoms with Crippen molar-refractivity contribution in [3.63, 3.8) is 0 Å². The van der Waals surface area contributed by atoms with Crippen molar-refractivity contribution in [2.24, 2.45) is 0 Å². The predicted octanol–water partition coefficient (Wildman–Crippen LogP) is 2.89. The second-order valence-electron chi connectivity index (χ2n) is 3.81. The molecule has 0 aliphatic heterocycles. The summed E-state index contributed by atoms with van der Waals surface area (Å²) in [6.45, 7) is 0.607. The Morgan fingerprint density at radius 1 is 1.50 bits per heavy atom. The number of hydrogen-bond donors (Lipinski definition) is 1. The smallest absolute Gasteiger partial charge is 0.157 e. The Balaban J connectivity index is 2.25. The van der Waals surface area contributed by atoms with Gasteiger partial charge in [-0.3, -0.25) is 0 Å². The lowest BCUT2D eigenvalue weighted by Gasteiger charge is -2.17. The number of halogens is 1. The zero-order valence-corrected chi connectivity index (χ0v) is 11.3. The van der Waals surface area contributed by atoms with Crippen LogP contribution in [0.15, 0.2) is 24.3 Å². The van der Waals surface area contributed by atoms with Crippen LogP contribution < -0.4 is 10.6 Å². The molecule has 2 N–H and O–H groups in total. The lowest BCUT2D eigenvalue weighted by molar-refractivity contribution is 0.933. The highest BCUT2D eigenvalue weighted by molar-refractivity contribution is 7.10. The molecule has 0 radical (unpaired) electrons. The molecule has 0 unspecified atom stereocenters. The van der Waals surface area contributed by atoms with E-state index in [1.54, 1.807) is 0 Å². The molecule has 2 aromatic rings. The summed E-state index contributed by atoms with van der Waals surface area (Å²) in [7, 11) is 1.89. The van der Waals surface area contributed by atoms with E-state index >= 15 is 0 Å². The van der Waals surface area contributed by atoms with Crippen LogP contribution in [-0.4, -0.2) is 11.4 Å². The number of rotatable bonds is 3. The van der Waals surface area contributed by atoms with E-state index in [1.807, 2.05) is 36.2 Å². The number of nitriles is 1. The van der Waals surface area contributed by atoms with E-state index in [2.05, 4.69) is 10.4 Å². The average molecular weight is 279 g/mol. The van der Waals surface area contributed by atoms with Gasteiger partial charge in [-0.05, 0) is 23.2 Å². The molecule has 6 heteroatoms. The van der Waals surface area contributed by atoms with Crippen molar-refractivity contribution in [3.05, 3.63) is 40.4 Å². The van der Waals surface area contributed by atoms with Crippen molar-refractivity contribution in [2.75, 3.05) is 17.7 Å². The van der Waals surface area contributed by atoms with Gasteiger partial charge in [0.05, 0.1) is 0 Å². The Kier molecular flexibility index (Phi) is 3.70. The summed E-state index contributed by atoms with van der Waals surface area (Å²) in [5, 5.41) is 10.5. The average Bonchev–Trinajstić information content (AvgIpc) is 2.73. The van der Waals surface area contributed by atoms with E-state index < -0.39 is 0 Å². The van der Waals surface area contributed by atoms with Gasteiger partial charge >= 0.3 is 0 Å². The van der Waals surface area contributed by atoms with Crippen LogP contribution in [0.5, 0.6) is 0 Å². The zero-order valence-electron chi connectivity index (χ0n) is 9.72. The molecule has 0 fully saturated rings. The second-order valence-corrected chi connectivity index (χ2v) is 4.97. The standard InChI is InChI=1S/C12H11ClN4S/c1-17(7-8-4-2-3-5-10(8)13)12-9(6-14)11(15)16-18-12/h2-5H,7H2,1H3,(H2,15,16). The first-order valence-electron chi connectivity index (χ1n) is 5.23. The molecule has 0 aliphatic carbocycles. The van der Waals surface area contributed by atoms with Gasteiger partial charge in [-0.15, -0.1) is 0 Å². The number of benzene rings is 1. The molecule has 1 heterocycles. The zero-order chi connectivity index (χ0) is 13.1. The summed E-state index contributed by atoms with van der Waals surface area (Å²) in [5.41, 5.74) is 7.06. The van der Waals surface area contributed by atoms with Crippen LogP contribution in [-0.2, 0) is 6.54 Å². The number of nitrogens with zero attached hydrogens (tertiary/aromatic N) is 3. The maximum absolute atomic E-state index is 9.04. The van der Waals surface area contributed by atoms with Gasteiger partial charge in [0.2, 0.25) is 0 Å². The van der Waals surface area contributed by atoms with Gasteiger partial charge in [0, 0.05) is 18.6 Å². The topological polar surface area (TPSA) is 65.9 Å². The minimum atomic E-state index is 0.281. The molecule has 0 bridgehead atoms. The summed E-state index contributed by atoms with van der Waals surface area (Å²) >= 11 is 7.33. The summed E-state index contributed by atoms with van der Waals surface area (Å²) < 4.78 is 3.99. The summed E-state index contributed by atoms with van der Waals surface area (Å²) in [6.07, 6.45) is 0. The van der Waals surface area contributed by atoms with Crippen molar-refractivity contribution >= 4 is 34.0 Å². The third-order valence-corrected chi connectivity index (χ3v) is 3.87. The molecule has 0 saturated carbocycles. The van der Waals surface area contributed by atoms with Crippen LogP contribution in [0, 0.1) is 11.3 Å². The minimum absolute atomic E-state index is 0.281. The van der Waals surface area contributed by atoms with Crippen molar-refractivity contribution in [2.45, 2.75) is 6.54 Å². The lowest BCUT2D eigenvalue weighted by atomic mass is 10.2. The van der Waals surface area contributed by atoms with Crippen LogP contribution in [0.4, 0.5) is 10.8 Å². The molecule has 2 rings (SSSR count). The predicted molar refractivity (Wildman–Crippen MR) is 74.8 cm³/mol. The molecule has 1 aromatic carbocycles. The molecule has 1 aromatic heterocycles. The summed E-state index contributed by atoms with van der Waals surface area (Å²) in [5.74, 6) is 0.281. The van der Waals surface area contributed by atoms with Gasteiger partial charge in [-0.25, -0.2) is 0 Å². The molecular formula is C12H11ClN4S. The molecule has 0 saturated heterocycles. The van der Waals surface area contributed by atoms with Gasteiger partial charge in [0.1, 0.15) is 16.6 Å². The minimum Gasteiger partial charge on any atom is -0.382 e. The molecule has 18 heavy (non-hydrogen) atoms. The van der Waals surface area contributed by atoms with Crippen molar-refractivity contribution < 1.29 is 0 Å². The first-order valence-corrected chi connectivity index (χ1v) is 6.38. The molecule has 0 amide bonds. The van der Waals surface area contributed by atoms with Gasteiger partial charge in [0.15, 0.2) is 5.82 Å². The highest BCUT2D eigenvalue weighted by Gasteiger charge is 2.15. The van der Waals surface area contributed by atoms with Crippen molar-refractivity contribution in [1.29, 1.82) is 5.26 Å². The molecule has 92 valence electrons. The van der Waals surface area contributed by atoms with E-state index in [-0.39, 0.29) is 5.82 Å². The number of nitrogen functional groups attached to an aromatic ring is 1. The van der Waals surface area contributed by atoms with Crippen LogP contribution in [0.25, 0.3) is 0 Å². The molecule has 0 atom stereocenters. The fourth-order valence-electron chi connectivity index (χ4n) is 1.61. The highest BCUT2D eigenvalue weighted by atomic mass is 35.5. The Morgan fingerprint density at radius 3 is 2.89 bits per heavy atom. The Bertz CT molecular complexity index is 602. The van der Waals surface area contributed by atoms with Crippen LogP contribution in [0.3, 0.4) is 0 Å². The monoisotopic (exact) mass is 278 g/mol. The molecule has 0 spiro atoms. The normalized spacial score (nSPS) is 10.1. The maximum Gasteiger partial charge on any atom is 0.157 e. The first kappa shape index (κ1) is 12.7. The molecule has 4 nitrogen and oxygen atoms in total. The first-order chi connectivity index (χ1) is 8.63. The van der Waals surface area contributed by atoms with Crippen LogP contribution in [0.1, 0.15) is 11.1 Å². The Morgan fingerprint density at radius 2 is 2.22 bits per heavy atom. The number of aromatic nitrogens is 1. The quantitative estimate of drug-likeness (QED) is 0.937. The molecular weight excluding hydrogens is 268 g/mol. The lowest BCUT2D eigenvalue weighted by Crippen LogP contribution is -2.16. The maximum atomic E-state index is 9.04. The Hall–Kier alpha value is -1.77. The van der Waals surface area contributed by atoms with Crippen molar-refractivity contribution in [3.8, 4) is 6.07 Å². The fourth-order valence-corrected chi connectivity index (χ4v) is 2.53. The summed E-state index contributed by atoms with van der Waals surface area (Å²) in [6, 6.07) is 9.69. The third-order valence-electron chi connectivity index (χ3n) is 2.52. The number of nitrogens with two attached hydrogens (primary N) is 1. The Labute approximate surface area is 114 Å². The van der Waals surface area contributed by atoms with Gasteiger partial charge in [-0.2, -0.15) is 9.64 Å². The van der Waals surface area contributed by atoms with E-state index in [4.69, 9.17) is 22.6 Å². The third kappa shape index (κ3) is 2.40. The number of anilines is 2. The SMILES string of the molecule is CN(Cc1ccccc1Cl)c1snc(N)c1C#N. The fraction of sp³-hybridized carbons (Fsp3) is 0.167. The summed E-state index contributed by atoms with van der Waals surface area (Å²) in [4.78, 5) is 1.92. The largest absolute Gasteiger partial charge is 0.382 e. The van der Waals surface area contributed by atoms with Gasteiger partial charge in [0.25, 0.3) is 0 Å². The van der Waals surface area contributed by atoms with E-state index in [0.717, 1.165) is 10.6 Å². The highest BCUT2D eigenvalue weighted by Crippen LogP contribution is 2.30. The van der Waals surface area contributed by atoms with E-state index in [1.165, 1.54) is 11.5 Å². The van der Waals surface area contributed by atoms with Crippen LogP contribution in [0.2, 0.25) is 5.02 Å². The van der Waals surface area contributed by atoms with Crippen molar-refractivity contribution in [1.82, 2.24) is 4.37 Å². The van der Waals surface area contributed by atoms with Gasteiger partial charge in [-0.1, -0.05) is 29.8 Å².